The molecule has 1 N–H and O–H groups in total. The van der Waals surface area contributed by atoms with Gasteiger partial charge < -0.3 is 10.1 Å². The Bertz CT molecular complexity index is 909. The molecule has 0 aliphatic rings. The van der Waals surface area contributed by atoms with Crippen LogP contribution in [0.4, 0.5) is 10.1 Å². The number of carbonyl (C=O) groups is 3. The van der Waals surface area contributed by atoms with Gasteiger partial charge in [-0.1, -0.05) is 32.9 Å². The average molecular weight is 397 g/mol. The first-order chi connectivity index (χ1) is 13.6. The van der Waals surface area contributed by atoms with Gasteiger partial charge >= 0.3 is 5.97 Å². The van der Waals surface area contributed by atoms with E-state index in [2.05, 4.69) is 5.32 Å². The van der Waals surface area contributed by atoms with Crippen molar-refractivity contribution in [2.24, 2.45) is 5.41 Å². The minimum atomic E-state index is -0.976. The molecule has 0 spiro atoms. The summed E-state index contributed by atoms with van der Waals surface area (Å²) in [5.41, 5.74) is 1.05. The number of esters is 1. The second-order valence-electron chi connectivity index (χ2n) is 7.61. The molecule has 5 nitrogen and oxygen atoms in total. The quantitative estimate of drug-likeness (QED) is 0.438. The third-order valence-corrected chi connectivity index (χ3v) is 4.05. The normalized spacial score (nSPS) is 12.4. The SMILES string of the molecule is C[C@@H](OC(=O)/C=C/c1ccc(F)cc1)C(=O)c1ccc(NC(=O)C(C)(C)C)cc1. The van der Waals surface area contributed by atoms with Crippen molar-refractivity contribution in [1.82, 2.24) is 0 Å². The lowest BCUT2D eigenvalue weighted by Crippen LogP contribution is -2.27. The molecule has 0 saturated carbocycles. The third-order valence-electron chi connectivity index (χ3n) is 4.05. The van der Waals surface area contributed by atoms with Crippen molar-refractivity contribution in [3.63, 3.8) is 0 Å². The molecule has 0 aliphatic carbocycles. The fraction of sp³-hybridized carbons (Fsp3) is 0.261. The smallest absolute Gasteiger partial charge is 0.331 e. The van der Waals surface area contributed by atoms with Gasteiger partial charge in [0.05, 0.1) is 0 Å². The van der Waals surface area contributed by atoms with E-state index >= 15 is 0 Å². The van der Waals surface area contributed by atoms with Gasteiger partial charge in [-0.05, 0) is 55.0 Å². The molecule has 2 rings (SSSR count). The summed E-state index contributed by atoms with van der Waals surface area (Å²) >= 11 is 0. The van der Waals surface area contributed by atoms with Crippen LogP contribution in [-0.2, 0) is 14.3 Å². The predicted octanol–water partition coefficient (Wildman–Crippen LogP) is 4.64. The van der Waals surface area contributed by atoms with Gasteiger partial charge in [0.2, 0.25) is 11.7 Å². The van der Waals surface area contributed by atoms with Crippen LogP contribution in [0.3, 0.4) is 0 Å². The van der Waals surface area contributed by atoms with E-state index in [0.29, 0.717) is 16.8 Å². The van der Waals surface area contributed by atoms with Crippen LogP contribution in [0.1, 0.15) is 43.6 Å². The molecule has 0 aliphatic heterocycles. The van der Waals surface area contributed by atoms with Crippen LogP contribution in [-0.4, -0.2) is 23.8 Å². The Kier molecular flexibility index (Phi) is 7.04. The van der Waals surface area contributed by atoms with Gasteiger partial charge in [0, 0.05) is 22.7 Å². The van der Waals surface area contributed by atoms with Crippen LogP contribution in [0.25, 0.3) is 6.08 Å². The second kappa shape index (κ2) is 9.28. The number of amides is 1. The topological polar surface area (TPSA) is 72.5 Å². The number of hydrogen-bond donors (Lipinski definition) is 1. The number of carbonyl (C=O) groups excluding carboxylic acids is 3. The van der Waals surface area contributed by atoms with Gasteiger partial charge in [0.15, 0.2) is 6.10 Å². The number of anilines is 1. The summed E-state index contributed by atoms with van der Waals surface area (Å²) < 4.78 is 18.0. The molecule has 29 heavy (non-hydrogen) atoms. The molecule has 0 radical (unpaired) electrons. The Morgan fingerprint density at radius 2 is 1.59 bits per heavy atom. The van der Waals surface area contributed by atoms with Gasteiger partial charge in [-0.25, -0.2) is 9.18 Å². The molecule has 0 saturated heterocycles. The molecule has 1 amide bonds. The molecule has 1 atom stereocenters. The molecule has 0 unspecified atom stereocenters. The summed E-state index contributed by atoms with van der Waals surface area (Å²) in [6.07, 6.45) is 1.68. The van der Waals surface area contributed by atoms with Gasteiger partial charge in [0.25, 0.3) is 0 Å². The van der Waals surface area contributed by atoms with E-state index in [0.717, 1.165) is 0 Å². The third kappa shape index (κ3) is 6.68. The lowest BCUT2D eigenvalue weighted by Gasteiger charge is -2.18. The minimum absolute atomic E-state index is 0.133. The lowest BCUT2D eigenvalue weighted by molar-refractivity contribution is -0.140. The Balaban J connectivity index is 1.94. The van der Waals surface area contributed by atoms with E-state index in [9.17, 15) is 18.8 Å². The summed E-state index contributed by atoms with van der Waals surface area (Å²) in [5, 5.41) is 2.78. The molecule has 152 valence electrons. The van der Waals surface area contributed by atoms with Crippen molar-refractivity contribution in [3.05, 3.63) is 71.6 Å². The van der Waals surface area contributed by atoms with E-state index < -0.39 is 17.5 Å². The summed E-state index contributed by atoms with van der Waals surface area (Å²) in [6, 6.07) is 12.0. The van der Waals surface area contributed by atoms with Crippen LogP contribution >= 0.6 is 0 Å². The number of nitrogens with one attached hydrogen (secondary N) is 1. The van der Waals surface area contributed by atoms with Crippen molar-refractivity contribution in [2.45, 2.75) is 33.8 Å². The fourth-order valence-corrected chi connectivity index (χ4v) is 2.28. The molecule has 0 bridgehead atoms. The zero-order valence-corrected chi connectivity index (χ0v) is 16.9. The van der Waals surface area contributed by atoms with Crippen LogP contribution in [0.5, 0.6) is 0 Å². The van der Waals surface area contributed by atoms with E-state index in [1.807, 2.05) is 0 Å². The monoisotopic (exact) mass is 397 g/mol. The number of rotatable bonds is 6. The highest BCUT2D eigenvalue weighted by atomic mass is 19.1. The van der Waals surface area contributed by atoms with Crippen molar-refractivity contribution in [1.29, 1.82) is 0 Å². The predicted molar refractivity (Wildman–Crippen MR) is 110 cm³/mol. The van der Waals surface area contributed by atoms with Gasteiger partial charge in [0.1, 0.15) is 5.82 Å². The highest BCUT2D eigenvalue weighted by molar-refractivity contribution is 6.01. The Morgan fingerprint density at radius 1 is 1.00 bits per heavy atom. The molecule has 0 heterocycles. The van der Waals surface area contributed by atoms with Crippen molar-refractivity contribution in [2.75, 3.05) is 5.32 Å². The van der Waals surface area contributed by atoms with Gasteiger partial charge in [-0.15, -0.1) is 0 Å². The van der Waals surface area contributed by atoms with Crippen molar-refractivity contribution < 1.29 is 23.5 Å². The van der Waals surface area contributed by atoms with E-state index in [1.165, 1.54) is 43.3 Å². The Labute approximate surface area is 169 Å². The summed E-state index contributed by atoms with van der Waals surface area (Å²) in [4.78, 5) is 36.4. The maximum Gasteiger partial charge on any atom is 0.331 e. The minimum Gasteiger partial charge on any atom is -0.451 e. The lowest BCUT2D eigenvalue weighted by atomic mass is 9.95. The first-order valence-corrected chi connectivity index (χ1v) is 9.16. The molecule has 0 aromatic heterocycles. The molecule has 2 aromatic carbocycles. The van der Waals surface area contributed by atoms with Crippen LogP contribution < -0.4 is 5.32 Å². The molecule has 6 heteroatoms. The second-order valence-corrected chi connectivity index (χ2v) is 7.61. The number of hydrogen-bond acceptors (Lipinski definition) is 4. The zero-order chi connectivity index (χ0) is 21.6. The fourth-order valence-electron chi connectivity index (χ4n) is 2.28. The maximum absolute atomic E-state index is 12.9. The Morgan fingerprint density at radius 3 is 2.14 bits per heavy atom. The summed E-state index contributed by atoms with van der Waals surface area (Å²) in [5.74, 6) is -1.54. The molecule has 0 fully saturated rings. The first-order valence-electron chi connectivity index (χ1n) is 9.16. The zero-order valence-electron chi connectivity index (χ0n) is 16.9. The van der Waals surface area contributed by atoms with Crippen LogP contribution in [0.15, 0.2) is 54.6 Å². The van der Waals surface area contributed by atoms with Gasteiger partial charge in [-0.3, -0.25) is 9.59 Å². The highest BCUT2D eigenvalue weighted by Gasteiger charge is 2.22. The molecular formula is C23H24FNO4. The van der Waals surface area contributed by atoms with Crippen LogP contribution in [0, 0.1) is 11.2 Å². The van der Waals surface area contributed by atoms with Gasteiger partial charge in [-0.2, -0.15) is 0 Å². The average Bonchev–Trinajstić information content (AvgIpc) is 2.66. The van der Waals surface area contributed by atoms with E-state index in [1.54, 1.807) is 45.0 Å². The van der Waals surface area contributed by atoms with Crippen molar-refractivity contribution in [3.8, 4) is 0 Å². The standard InChI is InChI=1S/C23H24FNO4/c1-15(29-20(26)14-7-16-5-10-18(24)11-6-16)21(27)17-8-12-19(13-9-17)25-22(28)23(2,3)4/h5-15H,1-4H3,(H,25,28)/b14-7+/t15-/m1/s1. The van der Waals surface area contributed by atoms with E-state index in [4.69, 9.17) is 4.74 Å². The number of ketones is 1. The number of ether oxygens (including phenoxy) is 1. The maximum atomic E-state index is 12.9. The first kappa shape index (κ1) is 22.0. The molecular weight excluding hydrogens is 373 g/mol. The van der Waals surface area contributed by atoms with Crippen molar-refractivity contribution >= 4 is 29.4 Å². The Hall–Kier alpha value is -3.28. The highest BCUT2D eigenvalue weighted by Crippen LogP contribution is 2.18. The number of benzene rings is 2. The molecule has 2 aromatic rings. The number of halogens is 1. The largest absolute Gasteiger partial charge is 0.451 e. The summed E-state index contributed by atoms with van der Waals surface area (Å²) in [7, 11) is 0. The summed E-state index contributed by atoms with van der Waals surface area (Å²) in [6.45, 7) is 6.91. The van der Waals surface area contributed by atoms with Crippen LogP contribution in [0.2, 0.25) is 0 Å². The van der Waals surface area contributed by atoms with E-state index in [-0.39, 0.29) is 17.5 Å². The number of Topliss-reactive ketones (excluding diaryl/α,β-unsaturated/α-hetero) is 1.